The summed E-state index contributed by atoms with van der Waals surface area (Å²) < 4.78 is 0. The predicted molar refractivity (Wildman–Crippen MR) is 89.2 cm³/mol. The number of likely N-dealkylation sites (tertiary alicyclic amines) is 1. The predicted octanol–water partition coefficient (Wildman–Crippen LogP) is 3.70. The van der Waals surface area contributed by atoms with E-state index < -0.39 is 0 Å². The van der Waals surface area contributed by atoms with E-state index >= 15 is 0 Å². The van der Waals surface area contributed by atoms with Crippen LogP contribution in [-0.2, 0) is 6.42 Å². The van der Waals surface area contributed by atoms with E-state index in [2.05, 4.69) is 43.1 Å². The number of anilines is 1. The fourth-order valence-corrected chi connectivity index (χ4v) is 5.30. The lowest BCUT2D eigenvalue weighted by molar-refractivity contribution is 0.0708. The maximum Gasteiger partial charge on any atom is 0.254 e. The molecule has 3 nitrogen and oxygen atoms in total. The van der Waals surface area contributed by atoms with E-state index in [9.17, 15) is 4.79 Å². The smallest absolute Gasteiger partial charge is 0.254 e. The number of benzene rings is 1. The van der Waals surface area contributed by atoms with Crippen molar-refractivity contribution in [3.05, 3.63) is 29.3 Å². The van der Waals surface area contributed by atoms with Gasteiger partial charge in [-0.05, 0) is 60.3 Å². The molecule has 2 bridgehead atoms. The highest BCUT2D eigenvalue weighted by atomic mass is 16.2. The molecule has 1 saturated heterocycles. The van der Waals surface area contributed by atoms with Crippen molar-refractivity contribution in [3.63, 3.8) is 0 Å². The van der Waals surface area contributed by atoms with Crippen molar-refractivity contribution < 1.29 is 4.79 Å². The molecule has 118 valence electrons. The van der Waals surface area contributed by atoms with Crippen LogP contribution < -0.4 is 5.32 Å². The molecule has 1 saturated carbocycles. The molecule has 3 aliphatic rings. The van der Waals surface area contributed by atoms with Gasteiger partial charge < -0.3 is 10.2 Å². The Labute approximate surface area is 133 Å². The van der Waals surface area contributed by atoms with Crippen LogP contribution in [0.5, 0.6) is 0 Å². The number of amides is 1. The Balaban J connectivity index is 1.61. The fourth-order valence-electron chi connectivity index (χ4n) is 5.30. The summed E-state index contributed by atoms with van der Waals surface area (Å²) in [6, 6.07) is 6.60. The van der Waals surface area contributed by atoms with Crippen molar-refractivity contribution in [1.82, 2.24) is 4.90 Å². The first-order valence-corrected chi connectivity index (χ1v) is 8.53. The summed E-state index contributed by atoms with van der Waals surface area (Å²) in [5, 5.41) is 3.36. The Bertz CT molecular complexity index is 636. The molecule has 4 rings (SSSR count). The van der Waals surface area contributed by atoms with E-state index in [1.807, 2.05) is 6.07 Å². The molecular formula is C19H26N2O. The molecule has 2 aliphatic heterocycles. The molecule has 1 N–H and O–H groups in total. The molecule has 0 aromatic heterocycles. The molecule has 3 heteroatoms. The Hall–Kier alpha value is -1.51. The molecule has 1 amide bonds. The lowest BCUT2D eigenvalue weighted by Crippen LogP contribution is -2.37. The molecule has 2 atom stereocenters. The molecule has 2 unspecified atom stereocenters. The largest absolute Gasteiger partial charge is 0.384 e. The first-order chi connectivity index (χ1) is 10.4. The Kier molecular flexibility index (Phi) is 2.88. The van der Waals surface area contributed by atoms with Gasteiger partial charge in [-0.1, -0.05) is 20.8 Å². The van der Waals surface area contributed by atoms with Gasteiger partial charge in [0.05, 0.1) is 0 Å². The summed E-state index contributed by atoms with van der Waals surface area (Å²) in [6.07, 6.45) is 4.58. The van der Waals surface area contributed by atoms with Gasteiger partial charge in [-0.15, -0.1) is 0 Å². The van der Waals surface area contributed by atoms with Gasteiger partial charge in [-0.25, -0.2) is 0 Å². The monoisotopic (exact) mass is 298 g/mol. The normalized spacial score (nSPS) is 31.8. The van der Waals surface area contributed by atoms with E-state index in [0.717, 1.165) is 31.5 Å². The van der Waals surface area contributed by atoms with Gasteiger partial charge in [-0.2, -0.15) is 0 Å². The van der Waals surface area contributed by atoms with Crippen LogP contribution in [0, 0.1) is 10.8 Å². The topological polar surface area (TPSA) is 32.3 Å². The first-order valence-electron chi connectivity index (χ1n) is 8.53. The van der Waals surface area contributed by atoms with Gasteiger partial charge >= 0.3 is 0 Å². The second kappa shape index (κ2) is 4.50. The average Bonchev–Trinajstić information content (AvgIpc) is 2.97. The van der Waals surface area contributed by atoms with Crippen LogP contribution in [0.25, 0.3) is 0 Å². The zero-order valence-corrected chi connectivity index (χ0v) is 13.9. The Morgan fingerprint density at radius 2 is 2.09 bits per heavy atom. The second-order valence-corrected chi connectivity index (χ2v) is 8.70. The third-order valence-electron chi connectivity index (χ3n) is 5.74. The molecule has 1 aromatic rings. The molecule has 22 heavy (non-hydrogen) atoms. The number of hydrogen-bond donors (Lipinski definition) is 1. The summed E-state index contributed by atoms with van der Waals surface area (Å²) in [4.78, 5) is 15.2. The van der Waals surface area contributed by atoms with Gasteiger partial charge in [0.15, 0.2) is 0 Å². The molecule has 2 fully saturated rings. The minimum absolute atomic E-state index is 0.237. The number of carbonyl (C=O) groups is 1. The molecule has 0 radical (unpaired) electrons. The van der Waals surface area contributed by atoms with Crippen molar-refractivity contribution >= 4 is 11.6 Å². The van der Waals surface area contributed by atoms with E-state index in [4.69, 9.17) is 0 Å². The van der Waals surface area contributed by atoms with Crippen molar-refractivity contribution in [1.29, 1.82) is 0 Å². The maximum atomic E-state index is 13.0. The van der Waals surface area contributed by atoms with Crippen molar-refractivity contribution in [2.24, 2.45) is 10.8 Å². The highest BCUT2D eigenvalue weighted by Gasteiger charge is 2.51. The van der Waals surface area contributed by atoms with Crippen LogP contribution in [0.4, 0.5) is 5.69 Å². The van der Waals surface area contributed by atoms with Crippen LogP contribution in [0.15, 0.2) is 18.2 Å². The third-order valence-corrected chi connectivity index (χ3v) is 5.74. The number of fused-ring (bicyclic) bond motifs is 3. The Morgan fingerprint density at radius 3 is 2.91 bits per heavy atom. The quantitative estimate of drug-likeness (QED) is 0.857. The molecule has 0 spiro atoms. The maximum absolute atomic E-state index is 13.0. The van der Waals surface area contributed by atoms with E-state index in [1.165, 1.54) is 24.1 Å². The number of rotatable bonds is 1. The van der Waals surface area contributed by atoms with Crippen molar-refractivity contribution in [2.75, 3.05) is 18.4 Å². The minimum atomic E-state index is 0.237. The van der Waals surface area contributed by atoms with Crippen molar-refractivity contribution in [2.45, 2.75) is 52.5 Å². The van der Waals surface area contributed by atoms with Gasteiger partial charge in [0, 0.05) is 30.4 Å². The lowest BCUT2D eigenvalue weighted by Gasteiger charge is -2.39. The summed E-state index contributed by atoms with van der Waals surface area (Å²) in [7, 11) is 0. The highest BCUT2D eigenvalue weighted by Crippen LogP contribution is 2.52. The number of hydrogen-bond acceptors (Lipinski definition) is 2. The number of carbonyl (C=O) groups excluding carboxylic acids is 1. The second-order valence-electron chi connectivity index (χ2n) is 8.70. The van der Waals surface area contributed by atoms with Crippen LogP contribution >= 0.6 is 0 Å². The summed E-state index contributed by atoms with van der Waals surface area (Å²) >= 11 is 0. The molecule has 1 aromatic carbocycles. The van der Waals surface area contributed by atoms with Crippen LogP contribution in [0.2, 0.25) is 0 Å². The summed E-state index contributed by atoms with van der Waals surface area (Å²) in [6.45, 7) is 8.99. The van der Waals surface area contributed by atoms with Crippen molar-refractivity contribution in [3.8, 4) is 0 Å². The highest BCUT2D eigenvalue weighted by molar-refractivity contribution is 5.95. The van der Waals surface area contributed by atoms with Gasteiger partial charge in [0.1, 0.15) is 0 Å². The molecule has 1 aliphatic carbocycles. The summed E-state index contributed by atoms with van der Waals surface area (Å²) in [5.74, 6) is 0.237. The minimum Gasteiger partial charge on any atom is -0.384 e. The molecular weight excluding hydrogens is 272 g/mol. The molecule has 2 heterocycles. The SMILES string of the molecule is CC1(C)CC2CC(C)(CN2C(=O)c2ccc3c(c2)CCN3)C1. The van der Waals surface area contributed by atoms with E-state index in [-0.39, 0.29) is 5.91 Å². The summed E-state index contributed by atoms with van der Waals surface area (Å²) in [5.41, 5.74) is 4.02. The number of nitrogens with zero attached hydrogens (tertiary/aromatic N) is 1. The van der Waals surface area contributed by atoms with E-state index in [1.54, 1.807) is 0 Å². The average molecular weight is 298 g/mol. The Morgan fingerprint density at radius 1 is 1.27 bits per heavy atom. The van der Waals surface area contributed by atoms with Gasteiger partial charge in [-0.3, -0.25) is 4.79 Å². The van der Waals surface area contributed by atoms with E-state index in [0.29, 0.717) is 16.9 Å². The lowest BCUT2D eigenvalue weighted by atomic mass is 9.65. The van der Waals surface area contributed by atoms with Gasteiger partial charge in [0.25, 0.3) is 5.91 Å². The standard InChI is InChI=1S/C19H26N2O/c1-18(2)9-15-10-19(3,11-18)12-21(15)17(22)14-4-5-16-13(8-14)6-7-20-16/h4-5,8,15,20H,6-7,9-12H2,1-3H3. The fraction of sp³-hybridized carbons (Fsp3) is 0.632. The zero-order chi connectivity index (χ0) is 15.5. The van der Waals surface area contributed by atoms with Crippen LogP contribution in [0.1, 0.15) is 56.0 Å². The van der Waals surface area contributed by atoms with Crippen LogP contribution in [0.3, 0.4) is 0 Å². The van der Waals surface area contributed by atoms with Crippen LogP contribution in [-0.4, -0.2) is 29.9 Å². The third kappa shape index (κ3) is 2.22. The number of nitrogens with one attached hydrogen (secondary N) is 1. The first kappa shape index (κ1) is 14.1. The van der Waals surface area contributed by atoms with Gasteiger partial charge in [0.2, 0.25) is 0 Å². The zero-order valence-electron chi connectivity index (χ0n) is 13.9.